The van der Waals surface area contributed by atoms with Crippen LogP contribution in [0, 0.1) is 6.92 Å². The fourth-order valence-electron chi connectivity index (χ4n) is 2.73. The van der Waals surface area contributed by atoms with E-state index in [1.54, 1.807) is 0 Å². The van der Waals surface area contributed by atoms with Crippen LogP contribution in [0.1, 0.15) is 5.56 Å². The van der Waals surface area contributed by atoms with Gasteiger partial charge in [-0.15, -0.1) is 0 Å². The molecular weight excluding hydrogens is 329 g/mol. The van der Waals surface area contributed by atoms with Crippen molar-refractivity contribution in [1.82, 2.24) is 0 Å². The normalized spacial score (nSPS) is 16.4. The third-order valence-electron chi connectivity index (χ3n) is 3.74. The molecular formula is C17H13AsClN. The third-order valence-corrected chi connectivity index (χ3v) is 8.97. The Bertz CT molecular complexity index is 828. The van der Waals surface area contributed by atoms with Gasteiger partial charge in [-0.2, -0.15) is 0 Å². The molecule has 0 bridgehead atoms. The van der Waals surface area contributed by atoms with Gasteiger partial charge in [0.25, 0.3) is 0 Å². The van der Waals surface area contributed by atoms with Crippen LogP contribution in [0.4, 0.5) is 11.4 Å². The Morgan fingerprint density at radius 2 is 1.80 bits per heavy atom. The van der Waals surface area contributed by atoms with Crippen molar-refractivity contribution < 1.29 is 0 Å². The second-order valence-corrected chi connectivity index (χ2v) is 10.1. The monoisotopic (exact) mass is 341 g/mol. The van der Waals surface area contributed by atoms with Gasteiger partial charge in [0, 0.05) is 0 Å². The Balaban J connectivity index is 2.00. The molecule has 0 spiro atoms. The van der Waals surface area contributed by atoms with Crippen LogP contribution in [-0.2, 0) is 0 Å². The Morgan fingerprint density at radius 1 is 0.950 bits per heavy atom. The zero-order valence-corrected chi connectivity index (χ0v) is 13.7. The number of fused-ring (bicyclic) bond motifs is 4. The van der Waals surface area contributed by atoms with Gasteiger partial charge in [-0.3, -0.25) is 0 Å². The van der Waals surface area contributed by atoms with Gasteiger partial charge in [0.1, 0.15) is 0 Å². The van der Waals surface area contributed by atoms with E-state index in [4.69, 9.17) is 9.95 Å². The quantitative estimate of drug-likeness (QED) is 0.617. The van der Waals surface area contributed by atoms with Gasteiger partial charge in [-0.05, 0) is 0 Å². The molecule has 98 valence electrons. The van der Waals surface area contributed by atoms with Crippen molar-refractivity contribution in [2.45, 2.75) is 6.92 Å². The van der Waals surface area contributed by atoms with Crippen LogP contribution in [0.15, 0.2) is 54.6 Å². The molecule has 1 nitrogen and oxygen atoms in total. The summed E-state index contributed by atoms with van der Waals surface area (Å²) in [5.74, 6) is 0. The average Bonchev–Trinajstić information content (AvgIpc) is 2.48. The van der Waals surface area contributed by atoms with Crippen molar-refractivity contribution in [2.75, 3.05) is 5.32 Å². The molecule has 20 heavy (non-hydrogen) atoms. The Hall–Kier alpha value is -1.43. The van der Waals surface area contributed by atoms with Crippen molar-refractivity contribution in [3.8, 4) is 0 Å². The van der Waals surface area contributed by atoms with Crippen molar-refractivity contribution in [3.05, 3.63) is 60.2 Å². The van der Waals surface area contributed by atoms with Gasteiger partial charge in [0.2, 0.25) is 0 Å². The van der Waals surface area contributed by atoms with Crippen molar-refractivity contribution in [1.29, 1.82) is 0 Å². The molecule has 0 saturated heterocycles. The number of rotatable bonds is 0. The van der Waals surface area contributed by atoms with Crippen LogP contribution in [0.3, 0.4) is 0 Å². The number of hydrogen-bond donors (Lipinski definition) is 1. The molecule has 1 aliphatic heterocycles. The number of anilines is 2. The first-order valence-electron chi connectivity index (χ1n) is 6.59. The van der Waals surface area contributed by atoms with Crippen molar-refractivity contribution in [3.63, 3.8) is 0 Å². The summed E-state index contributed by atoms with van der Waals surface area (Å²) < 4.78 is 2.61. The molecule has 1 N–H and O–H groups in total. The van der Waals surface area contributed by atoms with E-state index in [0.717, 1.165) is 0 Å². The first-order chi connectivity index (χ1) is 9.74. The first-order valence-corrected chi connectivity index (χ1v) is 10.9. The summed E-state index contributed by atoms with van der Waals surface area (Å²) >= 11 is -1.69. The van der Waals surface area contributed by atoms with Gasteiger partial charge in [0.15, 0.2) is 0 Å². The third kappa shape index (κ3) is 1.77. The second-order valence-electron chi connectivity index (χ2n) is 5.11. The van der Waals surface area contributed by atoms with Gasteiger partial charge in [0.05, 0.1) is 0 Å². The summed E-state index contributed by atoms with van der Waals surface area (Å²) in [5.41, 5.74) is 3.65. The SMILES string of the molecule is Cc1ccc2c(c1)[As](Cl)c1ccc3ccccc3c1N2. The first kappa shape index (κ1) is 12.3. The molecule has 4 rings (SSSR count). The summed E-state index contributed by atoms with van der Waals surface area (Å²) in [6.07, 6.45) is 0. The van der Waals surface area contributed by atoms with E-state index in [1.165, 1.54) is 36.4 Å². The topological polar surface area (TPSA) is 12.0 Å². The van der Waals surface area contributed by atoms with Crippen LogP contribution in [-0.4, -0.2) is 13.7 Å². The van der Waals surface area contributed by atoms with Gasteiger partial charge < -0.3 is 0 Å². The van der Waals surface area contributed by atoms with Crippen LogP contribution in [0.2, 0.25) is 0 Å². The summed E-state index contributed by atoms with van der Waals surface area (Å²) in [6, 6.07) is 19.4. The fraction of sp³-hybridized carbons (Fsp3) is 0.0588. The molecule has 1 atom stereocenters. The molecule has 1 heterocycles. The summed E-state index contributed by atoms with van der Waals surface area (Å²) in [4.78, 5) is 0. The van der Waals surface area contributed by atoms with E-state index in [-0.39, 0.29) is 0 Å². The summed E-state index contributed by atoms with van der Waals surface area (Å²) in [6.45, 7) is 2.12. The van der Waals surface area contributed by atoms with Crippen LogP contribution in [0.5, 0.6) is 0 Å². The maximum absolute atomic E-state index is 6.86. The fourth-order valence-corrected chi connectivity index (χ4v) is 7.33. The van der Waals surface area contributed by atoms with Crippen LogP contribution >= 0.6 is 9.95 Å². The Kier molecular flexibility index (Phi) is 2.80. The molecule has 0 saturated carbocycles. The standard InChI is InChI=1S/C17H13AsClN/c1-11-6-9-16-15(10-11)18(19)14-8-7-12-4-2-3-5-13(12)17(14)20-16/h2-10,20H,1H3. The molecule has 0 amide bonds. The predicted octanol–water partition coefficient (Wildman–Crippen LogP) is 3.55. The maximum atomic E-state index is 6.86. The molecule has 1 unspecified atom stereocenters. The number of nitrogens with one attached hydrogen (secondary N) is 1. The molecule has 0 aliphatic carbocycles. The van der Waals surface area contributed by atoms with E-state index in [9.17, 15) is 0 Å². The van der Waals surface area contributed by atoms with Gasteiger partial charge in [-0.25, -0.2) is 0 Å². The number of hydrogen-bond acceptors (Lipinski definition) is 1. The summed E-state index contributed by atoms with van der Waals surface area (Å²) in [7, 11) is 6.86. The van der Waals surface area contributed by atoms with Gasteiger partial charge in [-0.1, -0.05) is 0 Å². The minimum absolute atomic E-state index is 1.18. The summed E-state index contributed by atoms with van der Waals surface area (Å²) in [5, 5.41) is 6.11. The molecule has 3 heteroatoms. The van der Waals surface area contributed by atoms with E-state index in [0.29, 0.717) is 0 Å². The molecule has 3 aromatic carbocycles. The Morgan fingerprint density at radius 3 is 2.70 bits per heavy atom. The predicted molar refractivity (Wildman–Crippen MR) is 89.3 cm³/mol. The molecule has 1 aliphatic rings. The molecule has 3 aromatic rings. The van der Waals surface area contributed by atoms with Gasteiger partial charge >= 0.3 is 127 Å². The van der Waals surface area contributed by atoms with Crippen molar-refractivity contribution >= 4 is 54.5 Å². The second kappa shape index (κ2) is 4.55. The number of halogens is 1. The van der Waals surface area contributed by atoms with Crippen molar-refractivity contribution in [2.24, 2.45) is 0 Å². The van der Waals surface area contributed by atoms with E-state index >= 15 is 0 Å². The zero-order chi connectivity index (χ0) is 13.7. The van der Waals surface area contributed by atoms with Crippen LogP contribution in [0.25, 0.3) is 10.8 Å². The van der Waals surface area contributed by atoms with E-state index in [2.05, 4.69) is 66.8 Å². The average molecular weight is 342 g/mol. The van der Waals surface area contributed by atoms with E-state index in [1.807, 2.05) is 0 Å². The molecule has 0 radical (unpaired) electrons. The molecule has 0 fully saturated rings. The van der Waals surface area contributed by atoms with E-state index < -0.39 is 13.7 Å². The van der Waals surface area contributed by atoms with Crippen LogP contribution < -0.4 is 14.0 Å². The molecule has 0 aromatic heterocycles. The minimum atomic E-state index is -1.69. The number of aryl methyl sites for hydroxylation is 1. The number of benzene rings is 3. The zero-order valence-electron chi connectivity index (χ0n) is 11.0. The Labute approximate surface area is 127 Å².